The van der Waals surface area contributed by atoms with Crippen molar-refractivity contribution in [1.29, 1.82) is 0 Å². The molecule has 1 aromatic heterocycles. The van der Waals surface area contributed by atoms with Crippen molar-refractivity contribution in [2.45, 2.75) is 44.9 Å². The van der Waals surface area contributed by atoms with Gasteiger partial charge in [-0.3, -0.25) is 4.68 Å². The van der Waals surface area contributed by atoms with Crippen LogP contribution in [0.2, 0.25) is 0 Å². The first-order valence-electron chi connectivity index (χ1n) is 8.07. The molecule has 0 aromatic carbocycles. The molecule has 0 bridgehead atoms. The van der Waals surface area contributed by atoms with E-state index in [1.54, 1.807) is 16.8 Å². The fourth-order valence-corrected chi connectivity index (χ4v) is 3.33. The standard InChI is InChI=1S/C17H24FN3O2/c1-17(2,3)23-16(22)19-8-10-7-11(10)15-12-9-21(4)20-14(12)6-5-13(15)18/h5-6,9-11,13,15H,7-8H2,1-4H3,(H,19,22)/t10-,11+,13?,15?/m0/s1. The number of nitrogens with one attached hydrogen (secondary N) is 1. The third-order valence-corrected chi connectivity index (χ3v) is 4.37. The molecule has 3 rings (SSSR count). The zero-order valence-corrected chi connectivity index (χ0v) is 14.0. The lowest BCUT2D eigenvalue weighted by Gasteiger charge is -2.22. The van der Waals surface area contributed by atoms with E-state index in [0.29, 0.717) is 12.5 Å². The Balaban J connectivity index is 1.58. The monoisotopic (exact) mass is 321 g/mol. The van der Waals surface area contributed by atoms with E-state index in [9.17, 15) is 9.18 Å². The molecule has 1 N–H and O–H groups in total. The third kappa shape index (κ3) is 3.57. The first-order chi connectivity index (χ1) is 10.7. The highest BCUT2D eigenvalue weighted by atomic mass is 19.1. The predicted molar refractivity (Wildman–Crippen MR) is 85.7 cm³/mol. The predicted octanol–water partition coefficient (Wildman–Crippen LogP) is 3.03. The Kier molecular flexibility index (Phi) is 3.94. The number of amides is 1. The first-order valence-corrected chi connectivity index (χ1v) is 8.07. The minimum Gasteiger partial charge on any atom is -0.444 e. The molecule has 0 radical (unpaired) electrons. The van der Waals surface area contributed by atoms with Crippen LogP contribution in [0.4, 0.5) is 9.18 Å². The number of alkyl carbamates (subject to hydrolysis) is 1. The fraction of sp³-hybridized carbons (Fsp3) is 0.647. The summed E-state index contributed by atoms with van der Waals surface area (Å²) in [5.74, 6) is 0.382. The number of hydrogen-bond acceptors (Lipinski definition) is 3. The molecule has 1 amide bonds. The Morgan fingerprint density at radius 1 is 1.52 bits per heavy atom. The molecule has 2 aliphatic carbocycles. The largest absolute Gasteiger partial charge is 0.444 e. The van der Waals surface area contributed by atoms with Gasteiger partial charge in [-0.15, -0.1) is 0 Å². The lowest BCUT2D eigenvalue weighted by molar-refractivity contribution is 0.0524. The summed E-state index contributed by atoms with van der Waals surface area (Å²) in [5.41, 5.74) is 1.33. The van der Waals surface area contributed by atoms with Crippen molar-refractivity contribution in [3.8, 4) is 0 Å². The lowest BCUT2D eigenvalue weighted by atomic mass is 9.85. The van der Waals surface area contributed by atoms with Gasteiger partial charge in [0.15, 0.2) is 0 Å². The molecule has 2 unspecified atom stereocenters. The summed E-state index contributed by atoms with van der Waals surface area (Å²) in [6.45, 7) is 6.03. The van der Waals surface area contributed by atoms with Crippen LogP contribution in [-0.4, -0.2) is 34.2 Å². The van der Waals surface area contributed by atoms with Gasteiger partial charge in [-0.25, -0.2) is 9.18 Å². The number of aromatic nitrogens is 2. The van der Waals surface area contributed by atoms with Crippen molar-refractivity contribution in [2.75, 3.05) is 6.54 Å². The molecule has 126 valence electrons. The Morgan fingerprint density at radius 2 is 2.26 bits per heavy atom. The number of nitrogens with zero attached hydrogens (tertiary/aromatic N) is 2. The minimum absolute atomic E-state index is 0.158. The van der Waals surface area contributed by atoms with Gasteiger partial charge in [0.2, 0.25) is 0 Å². The highest BCUT2D eigenvalue weighted by Gasteiger charge is 2.48. The van der Waals surface area contributed by atoms with Crippen molar-refractivity contribution in [1.82, 2.24) is 15.1 Å². The average molecular weight is 321 g/mol. The number of alkyl halides is 1. The fourth-order valence-electron chi connectivity index (χ4n) is 3.33. The topological polar surface area (TPSA) is 56.2 Å². The van der Waals surface area contributed by atoms with Gasteiger partial charge in [0, 0.05) is 31.3 Å². The molecule has 6 heteroatoms. The zero-order chi connectivity index (χ0) is 16.8. The van der Waals surface area contributed by atoms with Crippen molar-refractivity contribution >= 4 is 12.2 Å². The second kappa shape index (κ2) is 5.65. The normalized spacial score (nSPS) is 29.1. The summed E-state index contributed by atoms with van der Waals surface area (Å²) in [7, 11) is 1.85. The van der Waals surface area contributed by atoms with Crippen LogP contribution in [0.25, 0.3) is 6.08 Å². The molecular formula is C17H24FN3O2. The van der Waals surface area contributed by atoms with Crippen LogP contribution in [0.5, 0.6) is 0 Å². The van der Waals surface area contributed by atoms with E-state index in [-0.39, 0.29) is 11.8 Å². The number of halogens is 1. The molecule has 0 aliphatic heterocycles. The Morgan fingerprint density at radius 3 is 2.96 bits per heavy atom. The maximum absolute atomic E-state index is 14.4. The highest BCUT2D eigenvalue weighted by Crippen LogP contribution is 2.52. The molecule has 0 saturated heterocycles. The van der Waals surface area contributed by atoms with E-state index in [1.165, 1.54) is 0 Å². The third-order valence-electron chi connectivity index (χ3n) is 4.37. The molecule has 1 heterocycles. The van der Waals surface area contributed by atoms with E-state index < -0.39 is 17.9 Å². The molecule has 23 heavy (non-hydrogen) atoms. The number of carbonyl (C=O) groups excluding carboxylic acids is 1. The van der Waals surface area contributed by atoms with Crippen LogP contribution in [0.3, 0.4) is 0 Å². The molecule has 0 spiro atoms. The summed E-state index contributed by atoms with van der Waals surface area (Å²) in [5, 5.41) is 7.15. The Labute approximate surface area is 135 Å². The minimum atomic E-state index is -0.983. The Hall–Kier alpha value is -1.85. The highest BCUT2D eigenvalue weighted by molar-refractivity contribution is 5.67. The first kappa shape index (κ1) is 16.0. The van der Waals surface area contributed by atoms with Gasteiger partial charge < -0.3 is 10.1 Å². The lowest BCUT2D eigenvalue weighted by Crippen LogP contribution is -2.34. The van der Waals surface area contributed by atoms with Gasteiger partial charge >= 0.3 is 6.09 Å². The maximum Gasteiger partial charge on any atom is 0.407 e. The number of ether oxygens (including phenoxy) is 1. The van der Waals surface area contributed by atoms with Gasteiger partial charge in [0.1, 0.15) is 11.8 Å². The van der Waals surface area contributed by atoms with E-state index in [4.69, 9.17) is 4.74 Å². The number of aryl methyl sites for hydroxylation is 1. The van der Waals surface area contributed by atoms with Crippen molar-refractivity contribution in [3.05, 3.63) is 23.5 Å². The van der Waals surface area contributed by atoms with E-state index in [2.05, 4.69) is 10.4 Å². The number of allylic oxidation sites excluding steroid dienone is 1. The van der Waals surface area contributed by atoms with Gasteiger partial charge in [0.25, 0.3) is 0 Å². The number of carbonyl (C=O) groups is 1. The van der Waals surface area contributed by atoms with E-state index in [0.717, 1.165) is 17.7 Å². The summed E-state index contributed by atoms with van der Waals surface area (Å²) >= 11 is 0. The second-order valence-electron chi connectivity index (χ2n) is 7.52. The number of rotatable bonds is 3. The average Bonchev–Trinajstić information content (AvgIpc) is 3.07. The van der Waals surface area contributed by atoms with Crippen LogP contribution in [-0.2, 0) is 11.8 Å². The smallest absolute Gasteiger partial charge is 0.407 e. The number of hydrogen-bond donors (Lipinski definition) is 1. The summed E-state index contributed by atoms with van der Waals surface area (Å²) in [6.07, 6.45) is 4.79. The van der Waals surface area contributed by atoms with Gasteiger partial charge in [0.05, 0.1) is 5.69 Å². The molecule has 1 saturated carbocycles. The maximum atomic E-state index is 14.4. The molecular weight excluding hydrogens is 297 g/mol. The number of fused-ring (bicyclic) bond motifs is 1. The molecule has 5 nitrogen and oxygen atoms in total. The molecule has 1 fully saturated rings. The molecule has 1 aromatic rings. The SMILES string of the molecule is Cn1cc2c(n1)C=CC(F)C2[C@@H]1C[C@H]1CNC(=O)OC(C)(C)C. The quantitative estimate of drug-likeness (QED) is 0.931. The van der Waals surface area contributed by atoms with Crippen LogP contribution < -0.4 is 5.32 Å². The van der Waals surface area contributed by atoms with Crippen LogP contribution in [0, 0.1) is 11.8 Å². The van der Waals surface area contributed by atoms with Gasteiger partial charge in [-0.2, -0.15) is 5.10 Å². The van der Waals surface area contributed by atoms with Crippen molar-refractivity contribution in [3.63, 3.8) is 0 Å². The van der Waals surface area contributed by atoms with Crippen molar-refractivity contribution < 1.29 is 13.9 Å². The van der Waals surface area contributed by atoms with E-state index in [1.807, 2.05) is 34.0 Å². The van der Waals surface area contributed by atoms with Gasteiger partial charge in [-0.1, -0.05) is 0 Å². The summed E-state index contributed by atoms with van der Waals surface area (Å²) < 4.78 is 21.3. The van der Waals surface area contributed by atoms with Crippen LogP contribution in [0.1, 0.15) is 44.4 Å². The second-order valence-corrected chi connectivity index (χ2v) is 7.52. The summed E-state index contributed by atoms with van der Waals surface area (Å²) in [4.78, 5) is 11.7. The molecule has 2 aliphatic rings. The van der Waals surface area contributed by atoms with E-state index >= 15 is 0 Å². The van der Waals surface area contributed by atoms with Crippen molar-refractivity contribution in [2.24, 2.45) is 18.9 Å². The van der Waals surface area contributed by atoms with Crippen LogP contribution in [0.15, 0.2) is 12.3 Å². The van der Waals surface area contributed by atoms with Gasteiger partial charge in [-0.05, 0) is 51.2 Å². The Bertz CT molecular complexity index is 632. The van der Waals surface area contributed by atoms with Crippen LogP contribution >= 0.6 is 0 Å². The summed E-state index contributed by atoms with van der Waals surface area (Å²) in [6, 6.07) is 0. The molecule has 4 atom stereocenters. The zero-order valence-electron chi connectivity index (χ0n) is 14.0.